The lowest BCUT2D eigenvalue weighted by Gasteiger charge is -2.03. The van der Waals surface area contributed by atoms with Gasteiger partial charge in [-0.2, -0.15) is 0 Å². The van der Waals surface area contributed by atoms with Crippen molar-refractivity contribution in [2.45, 2.75) is 6.54 Å². The third-order valence-corrected chi connectivity index (χ3v) is 3.70. The van der Waals surface area contributed by atoms with Crippen molar-refractivity contribution in [3.8, 4) is 5.69 Å². The molecule has 3 aromatic heterocycles. The molecule has 0 bridgehead atoms. The first-order chi connectivity index (χ1) is 11.8. The molecule has 0 radical (unpaired) electrons. The maximum Gasteiger partial charge on any atom is 0.251 e. The number of aromatic amines is 1. The third kappa shape index (κ3) is 2.74. The Kier molecular flexibility index (Phi) is 3.51. The number of nitrogens with zero attached hydrogens (tertiary/aromatic N) is 4. The van der Waals surface area contributed by atoms with Gasteiger partial charge in [0.1, 0.15) is 5.69 Å². The highest BCUT2D eigenvalue weighted by atomic mass is 16.1. The van der Waals surface area contributed by atoms with Crippen molar-refractivity contribution in [1.29, 1.82) is 0 Å². The minimum absolute atomic E-state index is 0.151. The second-order valence-electron chi connectivity index (χ2n) is 5.33. The van der Waals surface area contributed by atoms with E-state index in [1.54, 1.807) is 29.3 Å². The molecule has 3 heterocycles. The second kappa shape index (κ2) is 5.96. The number of fused-ring (bicyclic) bond motifs is 1. The van der Waals surface area contributed by atoms with Crippen molar-refractivity contribution in [2.75, 3.05) is 0 Å². The Morgan fingerprint density at radius 1 is 1.25 bits per heavy atom. The SMILES string of the molecule is O=C(NCc1cn(-c2cccnc2)nn1)c1ccc2cc[nH]c2c1. The van der Waals surface area contributed by atoms with Crippen LogP contribution in [0.4, 0.5) is 0 Å². The molecule has 4 aromatic rings. The largest absolute Gasteiger partial charge is 0.361 e. The van der Waals surface area contributed by atoms with Crippen LogP contribution in [-0.2, 0) is 6.54 Å². The number of carbonyl (C=O) groups excluding carboxylic acids is 1. The first kappa shape index (κ1) is 14.1. The van der Waals surface area contributed by atoms with Crippen LogP contribution in [0.3, 0.4) is 0 Å². The number of amides is 1. The highest BCUT2D eigenvalue weighted by molar-refractivity contribution is 5.97. The van der Waals surface area contributed by atoms with E-state index in [4.69, 9.17) is 0 Å². The molecule has 4 rings (SSSR count). The summed E-state index contributed by atoms with van der Waals surface area (Å²) in [6.07, 6.45) is 7.01. The Morgan fingerprint density at radius 3 is 3.08 bits per heavy atom. The summed E-state index contributed by atoms with van der Waals surface area (Å²) in [5.41, 5.74) is 3.03. The molecule has 0 unspecified atom stereocenters. The lowest BCUT2D eigenvalue weighted by molar-refractivity contribution is 0.0950. The summed E-state index contributed by atoms with van der Waals surface area (Å²) in [7, 11) is 0. The van der Waals surface area contributed by atoms with Crippen molar-refractivity contribution in [3.63, 3.8) is 0 Å². The molecule has 0 aliphatic heterocycles. The predicted molar refractivity (Wildman–Crippen MR) is 88.6 cm³/mol. The maximum atomic E-state index is 12.3. The number of carbonyl (C=O) groups is 1. The zero-order valence-corrected chi connectivity index (χ0v) is 12.7. The van der Waals surface area contributed by atoms with E-state index >= 15 is 0 Å². The van der Waals surface area contributed by atoms with E-state index in [1.807, 2.05) is 36.5 Å². The lowest BCUT2D eigenvalue weighted by Crippen LogP contribution is -2.22. The highest BCUT2D eigenvalue weighted by Crippen LogP contribution is 2.14. The van der Waals surface area contributed by atoms with Crippen molar-refractivity contribution in [1.82, 2.24) is 30.3 Å². The molecule has 24 heavy (non-hydrogen) atoms. The van der Waals surface area contributed by atoms with Gasteiger partial charge in [-0.25, -0.2) is 4.68 Å². The van der Waals surface area contributed by atoms with Gasteiger partial charge < -0.3 is 10.3 Å². The molecule has 0 saturated carbocycles. The van der Waals surface area contributed by atoms with Crippen LogP contribution >= 0.6 is 0 Å². The minimum Gasteiger partial charge on any atom is -0.361 e. The molecule has 7 heteroatoms. The molecular weight excluding hydrogens is 304 g/mol. The van der Waals surface area contributed by atoms with Gasteiger partial charge in [-0.15, -0.1) is 5.10 Å². The Labute approximate surface area is 137 Å². The van der Waals surface area contributed by atoms with Crippen molar-refractivity contribution in [3.05, 3.63) is 72.4 Å². The van der Waals surface area contributed by atoms with Crippen LogP contribution in [0.5, 0.6) is 0 Å². The smallest absolute Gasteiger partial charge is 0.251 e. The number of aromatic nitrogens is 5. The highest BCUT2D eigenvalue weighted by Gasteiger charge is 2.09. The summed E-state index contributed by atoms with van der Waals surface area (Å²) in [6, 6.07) is 11.2. The number of benzene rings is 1. The van der Waals surface area contributed by atoms with Gasteiger partial charge in [0.25, 0.3) is 5.91 Å². The topological polar surface area (TPSA) is 88.5 Å². The first-order valence-corrected chi connectivity index (χ1v) is 7.46. The van der Waals surface area contributed by atoms with Crippen LogP contribution in [0.1, 0.15) is 16.1 Å². The average Bonchev–Trinajstić information content (AvgIpc) is 3.29. The van der Waals surface area contributed by atoms with Gasteiger partial charge >= 0.3 is 0 Å². The van der Waals surface area contributed by atoms with E-state index in [9.17, 15) is 4.79 Å². The van der Waals surface area contributed by atoms with Crippen molar-refractivity contribution in [2.24, 2.45) is 0 Å². The molecule has 0 aliphatic carbocycles. The number of pyridine rings is 1. The summed E-state index contributed by atoms with van der Waals surface area (Å²) in [5.74, 6) is -0.151. The fourth-order valence-electron chi connectivity index (χ4n) is 2.46. The van der Waals surface area contributed by atoms with Gasteiger partial charge in [0.05, 0.1) is 24.6 Å². The van der Waals surface area contributed by atoms with Gasteiger partial charge in [-0.3, -0.25) is 9.78 Å². The summed E-state index contributed by atoms with van der Waals surface area (Å²) in [6.45, 7) is 0.307. The Morgan fingerprint density at radius 2 is 2.21 bits per heavy atom. The van der Waals surface area contributed by atoms with Gasteiger partial charge in [0, 0.05) is 23.5 Å². The normalized spacial score (nSPS) is 10.8. The fourth-order valence-corrected chi connectivity index (χ4v) is 2.46. The molecule has 0 saturated heterocycles. The summed E-state index contributed by atoms with van der Waals surface area (Å²) < 4.78 is 1.62. The number of hydrogen-bond donors (Lipinski definition) is 2. The number of rotatable bonds is 4. The van der Waals surface area contributed by atoms with E-state index in [-0.39, 0.29) is 5.91 Å². The molecule has 0 aliphatic rings. The predicted octanol–water partition coefficient (Wildman–Crippen LogP) is 2.07. The van der Waals surface area contributed by atoms with Crippen molar-refractivity contribution >= 4 is 16.8 Å². The Balaban J connectivity index is 1.45. The quantitative estimate of drug-likeness (QED) is 0.603. The van der Waals surface area contributed by atoms with E-state index in [1.165, 1.54) is 0 Å². The average molecular weight is 318 g/mol. The molecule has 0 atom stereocenters. The van der Waals surface area contributed by atoms with Crippen LogP contribution in [-0.4, -0.2) is 30.9 Å². The van der Waals surface area contributed by atoms with E-state index in [2.05, 4.69) is 25.6 Å². The molecule has 7 nitrogen and oxygen atoms in total. The number of hydrogen-bond acceptors (Lipinski definition) is 4. The van der Waals surface area contributed by atoms with E-state index in [0.29, 0.717) is 17.8 Å². The maximum absolute atomic E-state index is 12.3. The van der Waals surface area contributed by atoms with E-state index < -0.39 is 0 Å². The summed E-state index contributed by atoms with van der Waals surface area (Å²) >= 11 is 0. The lowest BCUT2D eigenvalue weighted by atomic mass is 10.1. The molecule has 2 N–H and O–H groups in total. The Bertz CT molecular complexity index is 988. The van der Waals surface area contributed by atoms with Crippen LogP contribution in [0.2, 0.25) is 0 Å². The van der Waals surface area contributed by atoms with Gasteiger partial charge in [0.15, 0.2) is 0 Å². The fraction of sp³-hybridized carbons (Fsp3) is 0.0588. The van der Waals surface area contributed by atoms with Gasteiger partial charge in [-0.05, 0) is 35.7 Å². The zero-order valence-electron chi connectivity index (χ0n) is 12.7. The monoisotopic (exact) mass is 318 g/mol. The number of H-pyrrole nitrogens is 1. The van der Waals surface area contributed by atoms with Crippen LogP contribution in [0.25, 0.3) is 16.6 Å². The van der Waals surface area contributed by atoms with Crippen LogP contribution in [0, 0.1) is 0 Å². The Hall–Kier alpha value is -3.48. The minimum atomic E-state index is -0.151. The van der Waals surface area contributed by atoms with Crippen LogP contribution in [0.15, 0.2) is 61.2 Å². The zero-order chi connectivity index (χ0) is 16.4. The third-order valence-electron chi connectivity index (χ3n) is 3.70. The molecule has 1 amide bonds. The summed E-state index contributed by atoms with van der Waals surface area (Å²) in [5, 5.41) is 12.0. The van der Waals surface area contributed by atoms with Crippen LogP contribution < -0.4 is 5.32 Å². The molecule has 0 spiro atoms. The molecule has 0 fully saturated rings. The molecule has 1 aromatic carbocycles. The summed E-state index contributed by atoms with van der Waals surface area (Å²) in [4.78, 5) is 19.4. The first-order valence-electron chi connectivity index (χ1n) is 7.46. The standard InChI is InChI=1S/C17H14N6O/c24-17(13-4-3-12-5-7-19-16(12)8-13)20-9-14-11-23(22-21-14)15-2-1-6-18-10-15/h1-8,10-11,19H,9H2,(H,20,24). The molecule has 118 valence electrons. The van der Waals surface area contributed by atoms with Gasteiger partial charge in [-0.1, -0.05) is 11.3 Å². The van der Waals surface area contributed by atoms with E-state index in [0.717, 1.165) is 16.6 Å². The van der Waals surface area contributed by atoms with Gasteiger partial charge in [0.2, 0.25) is 0 Å². The second-order valence-corrected chi connectivity index (χ2v) is 5.33. The molecular formula is C17H14N6O. The van der Waals surface area contributed by atoms with Crippen molar-refractivity contribution < 1.29 is 4.79 Å². The number of nitrogens with one attached hydrogen (secondary N) is 2.